The first-order chi connectivity index (χ1) is 11.5. The minimum absolute atomic E-state index is 0.0728. The van der Waals surface area contributed by atoms with Crippen molar-refractivity contribution in [2.24, 2.45) is 0 Å². The first kappa shape index (κ1) is 17.9. The van der Waals surface area contributed by atoms with Gasteiger partial charge in [0.2, 0.25) is 0 Å². The highest BCUT2D eigenvalue weighted by molar-refractivity contribution is 5.93. The molecule has 0 saturated heterocycles. The van der Waals surface area contributed by atoms with Crippen molar-refractivity contribution in [3.63, 3.8) is 0 Å². The minimum Gasteiger partial charge on any atom is -0.489 e. The van der Waals surface area contributed by atoms with Crippen LogP contribution in [0.15, 0.2) is 36.4 Å². The largest absolute Gasteiger partial charge is 0.489 e. The smallest absolute Gasteiger partial charge is 0.338 e. The van der Waals surface area contributed by atoms with Gasteiger partial charge in [0.25, 0.3) is 6.43 Å². The van der Waals surface area contributed by atoms with E-state index >= 15 is 0 Å². The Labute approximate surface area is 140 Å². The molecule has 0 aliphatic heterocycles. The number of benzene rings is 2. The molecule has 128 valence electrons. The lowest BCUT2D eigenvalue weighted by molar-refractivity contribution is 0.0514. The van der Waals surface area contributed by atoms with Crippen molar-refractivity contribution in [2.75, 3.05) is 6.61 Å². The second kappa shape index (κ2) is 7.90. The molecule has 0 saturated carbocycles. The number of rotatable bonds is 6. The molecule has 0 spiro atoms. The van der Waals surface area contributed by atoms with Crippen LogP contribution in [0.1, 0.15) is 46.0 Å². The zero-order valence-electron chi connectivity index (χ0n) is 13.9. The third kappa shape index (κ3) is 3.91. The van der Waals surface area contributed by atoms with Crippen LogP contribution in [-0.4, -0.2) is 12.6 Å². The molecule has 2 aromatic carbocycles. The summed E-state index contributed by atoms with van der Waals surface area (Å²) in [7, 11) is 0. The lowest BCUT2D eigenvalue weighted by Crippen LogP contribution is -2.13. The van der Waals surface area contributed by atoms with E-state index in [-0.39, 0.29) is 24.3 Å². The molecule has 2 aromatic rings. The zero-order valence-corrected chi connectivity index (χ0v) is 13.9. The normalized spacial score (nSPS) is 10.8. The highest BCUT2D eigenvalue weighted by Crippen LogP contribution is 2.34. The average Bonchev–Trinajstić information content (AvgIpc) is 2.56. The zero-order chi connectivity index (χ0) is 17.7. The van der Waals surface area contributed by atoms with E-state index in [1.807, 2.05) is 30.3 Å². The van der Waals surface area contributed by atoms with Crippen molar-refractivity contribution >= 4 is 5.97 Å². The van der Waals surface area contributed by atoms with Gasteiger partial charge in [0, 0.05) is 5.56 Å². The van der Waals surface area contributed by atoms with Crippen molar-refractivity contribution < 1.29 is 23.0 Å². The molecule has 0 unspecified atom stereocenters. The number of carbonyl (C=O) groups is 1. The van der Waals surface area contributed by atoms with Crippen molar-refractivity contribution in [1.82, 2.24) is 0 Å². The maximum absolute atomic E-state index is 13.4. The monoisotopic (exact) mass is 334 g/mol. The molecule has 5 heteroatoms. The van der Waals surface area contributed by atoms with E-state index in [1.54, 1.807) is 20.8 Å². The summed E-state index contributed by atoms with van der Waals surface area (Å²) >= 11 is 0. The molecule has 0 N–H and O–H groups in total. The Morgan fingerprint density at radius 3 is 2.38 bits per heavy atom. The van der Waals surface area contributed by atoms with Crippen molar-refractivity contribution in [2.45, 2.75) is 33.8 Å². The standard InChI is InChI=1S/C19H20F2O3/c1-4-23-19(22)17-13(3)12(2)16(10-15(17)18(20)21)24-11-14-8-6-5-7-9-14/h5-10,18H,4,11H2,1-3H3. The molecule has 24 heavy (non-hydrogen) atoms. The van der Waals surface area contributed by atoms with E-state index < -0.39 is 12.4 Å². The molecular weight excluding hydrogens is 314 g/mol. The topological polar surface area (TPSA) is 35.5 Å². The summed E-state index contributed by atoms with van der Waals surface area (Å²) in [6.07, 6.45) is -2.79. The Kier molecular flexibility index (Phi) is 5.90. The summed E-state index contributed by atoms with van der Waals surface area (Å²) in [5.74, 6) is -0.386. The number of ether oxygens (including phenoxy) is 2. The number of halogens is 2. The van der Waals surface area contributed by atoms with Gasteiger partial charge in [0.1, 0.15) is 12.4 Å². The van der Waals surface area contributed by atoms with Crippen LogP contribution in [0.25, 0.3) is 0 Å². The molecule has 0 amide bonds. The summed E-state index contributed by atoms with van der Waals surface area (Å²) in [5.41, 5.74) is 1.60. The molecule has 2 rings (SSSR count). The number of hydrogen-bond donors (Lipinski definition) is 0. The van der Waals surface area contributed by atoms with Crippen LogP contribution >= 0.6 is 0 Å². The van der Waals surface area contributed by atoms with Gasteiger partial charge < -0.3 is 9.47 Å². The van der Waals surface area contributed by atoms with Crippen LogP contribution in [-0.2, 0) is 11.3 Å². The van der Waals surface area contributed by atoms with Crippen molar-refractivity contribution in [3.8, 4) is 5.75 Å². The van der Waals surface area contributed by atoms with E-state index in [9.17, 15) is 13.6 Å². The van der Waals surface area contributed by atoms with Crippen LogP contribution in [0, 0.1) is 13.8 Å². The quantitative estimate of drug-likeness (QED) is 0.698. The van der Waals surface area contributed by atoms with E-state index in [0.717, 1.165) is 5.56 Å². The average molecular weight is 334 g/mol. The molecular formula is C19H20F2O3. The van der Waals surface area contributed by atoms with E-state index in [4.69, 9.17) is 9.47 Å². The Bertz CT molecular complexity index is 712. The SMILES string of the molecule is CCOC(=O)c1c(C(F)F)cc(OCc2ccccc2)c(C)c1C. The van der Waals surface area contributed by atoms with Gasteiger partial charge in [-0.05, 0) is 43.5 Å². The predicted octanol–water partition coefficient (Wildman–Crippen LogP) is 5.00. The Morgan fingerprint density at radius 2 is 1.79 bits per heavy atom. The molecule has 3 nitrogen and oxygen atoms in total. The Hall–Kier alpha value is -2.43. The van der Waals surface area contributed by atoms with Crippen LogP contribution in [0.4, 0.5) is 8.78 Å². The van der Waals surface area contributed by atoms with E-state index in [2.05, 4.69) is 0 Å². The molecule has 0 aromatic heterocycles. The van der Waals surface area contributed by atoms with E-state index in [1.165, 1.54) is 6.07 Å². The minimum atomic E-state index is -2.79. The van der Waals surface area contributed by atoms with Gasteiger partial charge >= 0.3 is 5.97 Å². The van der Waals surface area contributed by atoms with Gasteiger partial charge in [-0.25, -0.2) is 13.6 Å². The predicted molar refractivity (Wildman–Crippen MR) is 87.6 cm³/mol. The van der Waals surface area contributed by atoms with Gasteiger partial charge in [-0.3, -0.25) is 0 Å². The summed E-state index contributed by atoms with van der Waals surface area (Å²) in [5, 5.41) is 0. The van der Waals surface area contributed by atoms with Crippen LogP contribution < -0.4 is 4.74 Å². The van der Waals surface area contributed by atoms with Gasteiger partial charge in [-0.15, -0.1) is 0 Å². The fourth-order valence-corrected chi connectivity index (χ4v) is 2.44. The number of esters is 1. The molecule has 0 atom stereocenters. The fraction of sp³-hybridized carbons (Fsp3) is 0.316. The van der Waals surface area contributed by atoms with Crippen LogP contribution in [0.3, 0.4) is 0 Å². The van der Waals surface area contributed by atoms with E-state index in [0.29, 0.717) is 16.9 Å². The van der Waals surface area contributed by atoms with Crippen LogP contribution in [0.2, 0.25) is 0 Å². The van der Waals surface area contributed by atoms with Gasteiger partial charge in [-0.1, -0.05) is 30.3 Å². The summed E-state index contributed by atoms with van der Waals surface area (Å²) < 4.78 is 37.5. The summed E-state index contributed by atoms with van der Waals surface area (Å²) in [6.45, 7) is 5.41. The lowest BCUT2D eigenvalue weighted by Gasteiger charge is -2.18. The molecule has 0 heterocycles. The summed E-state index contributed by atoms with van der Waals surface area (Å²) in [6, 6.07) is 10.7. The number of alkyl halides is 2. The maximum Gasteiger partial charge on any atom is 0.338 e. The summed E-state index contributed by atoms with van der Waals surface area (Å²) in [4.78, 5) is 12.0. The van der Waals surface area contributed by atoms with Crippen molar-refractivity contribution in [1.29, 1.82) is 0 Å². The fourth-order valence-electron chi connectivity index (χ4n) is 2.44. The molecule has 0 bridgehead atoms. The number of carbonyl (C=O) groups excluding carboxylic acids is 1. The maximum atomic E-state index is 13.4. The van der Waals surface area contributed by atoms with Crippen LogP contribution in [0.5, 0.6) is 5.75 Å². The molecule has 0 aliphatic carbocycles. The third-order valence-electron chi connectivity index (χ3n) is 3.83. The second-order valence-electron chi connectivity index (χ2n) is 5.38. The highest BCUT2D eigenvalue weighted by atomic mass is 19.3. The Morgan fingerprint density at radius 1 is 1.12 bits per heavy atom. The molecule has 0 aliphatic rings. The van der Waals surface area contributed by atoms with Crippen molar-refractivity contribution in [3.05, 3.63) is 64.2 Å². The number of hydrogen-bond acceptors (Lipinski definition) is 3. The molecule has 0 fully saturated rings. The first-order valence-electron chi connectivity index (χ1n) is 7.71. The van der Waals surface area contributed by atoms with Gasteiger partial charge in [0.05, 0.1) is 12.2 Å². The first-order valence-corrected chi connectivity index (χ1v) is 7.71. The highest BCUT2D eigenvalue weighted by Gasteiger charge is 2.25. The Balaban J connectivity index is 2.38. The second-order valence-corrected chi connectivity index (χ2v) is 5.38. The van der Waals surface area contributed by atoms with Gasteiger partial charge in [0.15, 0.2) is 0 Å². The lowest BCUT2D eigenvalue weighted by atomic mass is 9.96. The molecule has 0 radical (unpaired) electrons. The third-order valence-corrected chi connectivity index (χ3v) is 3.83. The van der Waals surface area contributed by atoms with Gasteiger partial charge in [-0.2, -0.15) is 0 Å².